The molecule has 1 rings (SSSR count). The minimum Gasteiger partial charge on any atom is -0.494 e. The summed E-state index contributed by atoms with van der Waals surface area (Å²) < 4.78 is 28.5. The van der Waals surface area contributed by atoms with Crippen LogP contribution in [0.4, 0.5) is 0 Å². The summed E-state index contributed by atoms with van der Waals surface area (Å²) >= 11 is 5.99. The predicted octanol–water partition coefficient (Wildman–Crippen LogP) is 1.62. The van der Waals surface area contributed by atoms with E-state index in [1.54, 1.807) is 0 Å². The van der Waals surface area contributed by atoms with E-state index in [2.05, 4.69) is 0 Å². The number of carboxylic acids is 1. The van der Waals surface area contributed by atoms with Crippen molar-refractivity contribution in [3.05, 3.63) is 22.7 Å². The Morgan fingerprint density at radius 1 is 1.50 bits per heavy atom. The molecule has 0 aliphatic rings. The Morgan fingerprint density at radius 3 is 2.55 bits per heavy atom. The van der Waals surface area contributed by atoms with Crippen LogP contribution in [-0.2, 0) is 14.6 Å². The van der Waals surface area contributed by atoms with Crippen LogP contribution in [0.5, 0.6) is 5.75 Å². The number of sulfone groups is 1. The third-order valence-corrected chi connectivity index (χ3v) is 4.12. The van der Waals surface area contributed by atoms with E-state index in [-0.39, 0.29) is 28.5 Å². The van der Waals surface area contributed by atoms with Crippen molar-refractivity contribution in [1.29, 1.82) is 0 Å². The molecule has 0 aromatic heterocycles. The molecular weight excluding hydrogens is 306 g/mol. The average Bonchev–Trinajstić information content (AvgIpc) is 2.33. The van der Waals surface area contributed by atoms with Gasteiger partial charge in [-0.05, 0) is 24.1 Å². The number of carbonyl (C=O) groups is 1. The molecule has 0 aliphatic carbocycles. The van der Waals surface area contributed by atoms with Gasteiger partial charge in [-0.3, -0.25) is 4.79 Å². The molecule has 8 heteroatoms. The van der Waals surface area contributed by atoms with Crippen LogP contribution >= 0.6 is 11.6 Å². The highest BCUT2D eigenvalue weighted by atomic mass is 35.5. The highest BCUT2D eigenvalue weighted by Crippen LogP contribution is 2.35. The monoisotopic (exact) mass is 321 g/mol. The number of rotatable bonds is 6. The van der Waals surface area contributed by atoms with Gasteiger partial charge < -0.3 is 15.6 Å². The van der Waals surface area contributed by atoms with Crippen LogP contribution in [0, 0.1) is 0 Å². The van der Waals surface area contributed by atoms with Crippen molar-refractivity contribution in [2.45, 2.75) is 23.8 Å². The Hall–Kier alpha value is -1.31. The summed E-state index contributed by atoms with van der Waals surface area (Å²) in [5, 5.41) is 8.75. The smallest absolute Gasteiger partial charge is 0.303 e. The van der Waals surface area contributed by atoms with Gasteiger partial charge in [-0.1, -0.05) is 11.6 Å². The minimum absolute atomic E-state index is 0.0587. The number of halogens is 1. The van der Waals surface area contributed by atoms with Gasteiger partial charge in [0.05, 0.1) is 12.1 Å². The second-order valence-corrected chi connectivity index (χ2v) is 6.74. The van der Waals surface area contributed by atoms with Crippen molar-refractivity contribution in [3.63, 3.8) is 0 Å². The van der Waals surface area contributed by atoms with Crippen LogP contribution in [0.3, 0.4) is 0 Å². The van der Waals surface area contributed by atoms with E-state index >= 15 is 0 Å². The maximum absolute atomic E-state index is 11.7. The summed E-state index contributed by atoms with van der Waals surface area (Å²) in [5.74, 6) is -0.910. The molecule has 0 heterocycles. The van der Waals surface area contributed by atoms with E-state index in [1.165, 1.54) is 19.2 Å². The van der Waals surface area contributed by atoms with Gasteiger partial charge in [0.2, 0.25) is 0 Å². The first-order valence-corrected chi connectivity index (χ1v) is 7.98. The van der Waals surface area contributed by atoms with E-state index in [9.17, 15) is 13.2 Å². The normalized spacial score (nSPS) is 13.0. The lowest BCUT2D eigenvalue weighted by atomic mass is 10.0. The lowest BCUT2D eigenvalue weighted by Gasteiger charge is -2.15. The Morgan fingerprint density at radius 2 is 2.10 bits per heavy atom. The molecule has 0 spiro atoms. The van der Waals surface area contributed by atoms with Crippen LogP contribution in [0.2, 0.25) is 5.02 Å². The van der Waals surface area contributed by atoms with E-state index in [0.717, 1.165) is 6.26 Å². The molecular formula is C12H16ClNO5S. The van der Waals surface area contributed by atoms with Crippen LogP contribution < -0.4 is 10.5 Å². The minimum atomic E-state index is -3.54. The number of hydrogen-bond donors (Lipinski definition) is 2. The first-order chi connectivity index (χ1) is 9.16. The van der Waals surface area contributed by atoms with Gasteiger partial charge in [0.15, 0.2) is 15.6 Å². The van der Waals surface area contributed by atoms with E-state index in [4.69, 9.17) is 27.2 Å². The summed E-state index contributed by atoms with van der Waals surface area (Å²) in [6.45, 7) is 0. The van der Waals surface area contributed by atoms with Gasteiger partial charge in [0.25, 0.3) is 0 Å². The maximum atomic E-state index is 11.7. The number of benzene rings is 1. The van der Waals surface area contributed by atoms with Crippen molar-refractivity contribution in [3.8, 4) is 5.75 Å². The Balaban J connectivity index is 3.24. The molecule has 1 aromatic rings. The molecule has 0 bridgehead atoms. The van der Waals surface area contributed by atoms with Gasteiger partial charge in [0, 0.05) is 18.7 Å². The number of ether oxygens (including phenoxy) is 1. The number of hydrogen-bond acceptors (Lipinski definition) is 5. The second-order valence-electron chi connectivity index (χ2n) is 4.35. The largest absolute Gasteiger partial charge is 0.494 e. The molecule has 0 radical (unpaired) electrons. The molecule has 0 aliphatic heterocycles. The second kappa shape index (κ2) is 6.43. The Bertz CT molecular complexity index is 615. The third kappa shape index (κ3) is 4.09. The summed E-state index contributed by atoms with van der Waals surface area (Å²) in [6, 6.07) is 2.24. The molecule has 0 amide bonds. The lowest BCUT2D eigenvalue weighted by molar-refractivity contribution is -0.137. The zero-order valence-electron chi connectivity index (χ0n) is 11.1. The number of methoxy groups -OCH3 is 1. The first kappa shape index (κ1) is 16.7. The van der Waals surface area contributed by atoms with Crippen LogP contribution in [0.25, 0.3) is 0 Å². The van der Waals surface area contributed by atoms with Gasteiger partial charge in [-0.15, -0.1) is 0 Å². The molecule has 1 atom stereocenters. The van der Waals surface area contributed by atoms with Gasteiger partial charge in [-0.25, -0.2) is 8.42 Å². The summed E-state index contributed by atoms with van der Waals surface area (Å²) in [4.78, 5) is 10.5. The highest BCUT2D eigenvalue weighted by molar-refractivity contribution is 7.90. The van der Waals surface area contributed by atoms with E-state index in [1.807, 2.05) is 0 Å². The molecule has 112 valence electrons. The summed E-state index contributed by atoms with van der Waals surface area (Å²) in [7, 11) is -2.22. The molecule has 0 saturated heterocycles. The third-order valence-electron chi connectivity index (χ3n) is 2.73. The van der Waals surface area contributed by atoms with Gasteiger partial charge in [-0.2, -0.15) is 0 Å². The van der Waals surface area contributed by atoms with Crippen LogP contribution in [0.15, 0.2) is 17.0 Å². The molecule has 1 unspecified atom stereocenters. The fourth-order valence-corrected chi connectivity index (χ4v) is 2.96. The first-order valence-electron chi connectivity index (χ1n) is 5.71. The number of carboxylic acid groups (broad SMARTS) is 1. The van der Waals surface area contributed by atoms with Gasteiger partial charge >= 0.3 is 5.97 Å². The standard InChI is InChI=1S/C12H16ClNO5S/c1-19-12-8(13)5-7(6-10(12)20(2,17)18)9(14)3-4-11(15)16/h5-6,9H,3-4,14H2,1-2H3,(H,15,16). The zero-order chi connectivity index (χ0) is 15.5. The van der Waals surface area contributed by atoms with Crippen LogP contribution in [0.1, 0.15) is 24.4 Å². The van der Waals surface area contributed by atoms with E-state index < -0.39 is 21.8 Å². The average molecular weight is 322 g/mol. The fraction of sp³-hybridized carbons (Fsp3) is 0.417. The molecule has 3 N–H and O–H groups in total. The topological polar surface area (TPSA) is 107 Å². The Labute approximate surface area is 122 Å². The SMILES string of the molecule is COc1c(Cl)cc(C(N)CCC(=O)O)cc1S(C)(=O)=O. The maximum Gasteiger partial charge on any atom is 0.303 e. The highest BCUT2D eigenvalue weighted by Gasteiger charge is 2.21. The molecule has 20 heavy (non-hydrogen) atoms. The van der Waals surface area contributed by atoms with E-state index in [0.29, 0.717) is 5.56 Å². The number of aliphatic carboxylic acids is 1. The lowest BCUT2D eigenvalue weighted by Crippen LogP contribution is -2.13. The molecule has 6 nitrogen and oxygen atoms in total. The van der Waals surface area contributed by atoms with Crippen molar-refractivity contribution < 1.29 is 23.1 Å². The number of nitrogens with two attached hydrogens (primary N) is 1. The molecule has 1 aromatic carbocycles. The quantitative estimate of drug-likeness (QED) is 0.824. The fourth-order valence-electron chi connectivity index (χ4n) is 1.72. The van der Waals surface area contributed by atoms with Crippen molar-refractivity contribution >= 4 is 27.4 Å². The van der Waals surface area contributed by atoms with Crippen LogP contribution in [-0.4, -0.2) is 32.9 Å². The Kier molecular flexibility index (Phi) is 5.38. The van der Waals surface area contributed by atoms with Gasteiger partial charge in [0.1, 0.15) is 4.90 Å². The van der Waals surface area contributed by atoms with Crippen molar-refractivity contribution in [2.75, 3.05) is 13.4 Å². The van der Waals surface area contributed by atoms with Crippen molar-refractivity contribution in [2.24, 2.45) is 5.73 Å². The summed E-state index contributed by atoms with van der Waals surface area (Å²) in [6.07, 6.45) is 1.11. The predicted molar refractivity (Wildman–Crippen MR) is 74.9 cm³/mol. The van der Waals surface area contributed by atoms with Crippen molar-refractivity contribution in [1.82, 2.24) is 0 Å². The summed E-state index contributed by atoms with van der Waals surface area (Å²) in [5.41, 5.74) is 6.31. The zero-order valence-corrected chi connectivity index (χ0v) is 12.7. The molecule has 0 fully saturated rings. The molecule has 0 saturated carbocycles.